The van der Waals surface area contributed by atoms with E-state index in [9.17, 15) is 14.4 Å². The van der Waals surface area contributed by atoms with Crippen LogP contribution >= 0.6 is 0 Å². The van der Waals surface area contributed by atoms with E-state index in [0.29, 0.717) is 31.7 Å². The number of Topliss-reactive ketones (excluding diaryl/α,β-unsaturated/α-hetero) is 1. The van der Waals surface area contributed by atoms with Gasteiger partial charge in [0.15, 0.2) is 5.78 Å². The molecule has 0 N–H and O–H groups in total. The number of rotatable bonds is 2. The summed E-state index contributed by atoms with van der Waals surface area (Å²) in [5.41, 5.74) is 1.31. The standard InChI is InChI=1S/C17H19NO5/c1-10(19)11-9-14-13(8-12(11)15(20)22-3)17(16(21)18(14)2)4-6-23-7-5-17/h8-9H,4-7H2,1-3H3. The van der Waals surface area contributed by atoms with Gasteiger partial charge < -0.3 is 14.4 Å². The fourth-order valence-electron chi connectivity index (χ4n) is 3.57. The normalized spacial score (nSPS) is 18.9. The Labute approximate surface area is 134 Å². The van der Waals surface area contributed by atoms with Gasteiger partial charge in [-0.2, -0.15) is 0 Å². The van der Waals surface area contributed by atoms with Gasteiger partial charge in [-0.1, -0.05) is 0 Å². The van der Waals surface area contributed by atoms with Crippen LogP contribution < -0.4 is 4.90 Å². The van der Waals surface area contributed by atoms with Gasteiger partial charge in [0.25, 0.3) is 0 Å². The molecule has 0 atom stereocenters. The van der Waals surface area contributed by atoms with Crippen LogP contribution in [0.3, 0.4) is 0 Å². The molecule has 6 nitrogen and oxygen atoms in total. The first-order valence-electron chi connectivity index (χ1n) is 7.56. The SMILES string of the molecule is COC(=O)c1cc2c(cc1C(C)=O)N(C)C(=O)C21CCOCC1. The zero-order chi connectivity index (χ0) is 16.8. The third-order valence-corrected chi connectivity index (χ3v) is 4.86. The second kappa shape index (κ2) is 5.45. The van der Waals surface area contributed by atoms with Gasteiger partial charge in [0.1, 0.15) is 0 Å². The van der Waals surface area contributed by atoms with Crippen LogP contribution in [0, 0.1) is 0 Å². The van der Waals surface area contributed by atoms with E-state index in [4.69, 9.17) is 9.47 Å². The summed E-state index contributed by atoms with van der Waals surface area (Å²) in [6.07, 6.45) is 1.15. The van der Waals surface area contributed by atoms with Crippen LogP contribution in [0.2, 0.25) is 0 Å². The van der Waals surface area contributed by atoms with Gasteiger partial charge in [-0.05, 0) is 37.5 Å². The molecule has 1 aromatic carbocycles. The Balaban J connectivity index is 2.24. The van der Waals surface area contributed by atoms with Crippen LogP contribution in [0.15, 0.2) is 12.1 Å². The Morgan fingerprint density at radius 2 is 1.87 bits per heavy atom. The number of esters is 1. The first-order chi connectivity index (χ1) is 10.9. The van der Waals surface area contributed by atoms with Gasteiger partial charge in [-0.15, -0.1) is 0 Å². The van der Waals surface area contributed by atoms with Crippen LogP contribution in [-0.4, -0.2) is 45.0 Å². The van der Waals surface area contributed by atoms with Crippen LogP contribution in [0.4, 0.5) is 5.69 Å². The molecule has 3 rings (SSSR count). The molecule has 2 aliphatic heterocycles. The largest absolute Gasteiger partial charge is 0.465 e. The average molecular weight is 317 g/mol. The Morgan fingerprint density at radius 3 is 2.43 bits per heavy atom. The highest BCUT2D eigenvalue weighted by Gasteiger charge is 2.51. The van der Waals surface area contributed by atoms with E-state index in [1.54, 1.807) is 24.1 Å². The number of amides is 1. The van der Waals surface area contributed by atoms with Crippen molar-refractivity contribution in [2.75, 3.05) is 32.3 Å². The predicted molar refractivity (Wildman–Crippen MR) is 82.9 cm³/mol. The molecule has 1 aromatic rings. The van der Waals surface area contributed by atoms with E-state index in [1.165, 1.54) is 14.0 Å². The number of ether oxygens (including phenoxy) is 2. The molecule has 0 aliphatic carbocycles. The first kappa shape index (κ1) is 15.7. The second-order valence-electron chi connectivity index (χ2n) is 6.02. The van der Waals surface area contributed by atoms with E-state index >= 15 is 0 Å². The third kappa shape index (κ3) is 2.16. The molecule has 0 bridgehead atoms. The minimum Gasteiger partial charge on any atom is -0.465 e. The summed E-state index contributed by atoms with van der Waals surface area (Å²) >= 11 is 0. The van der Waals surface area contributed by atoms with Crippen LogP contribution in [-0.2, 0) is 19.7 Å². The first-order valence-corrected chi connectivity index (χ1v) is 7.56. The average Bonchev–Trinajstić information content (AvgIpc) is 2.76. The summed E-state index contributed by atoms with van der Waals surface area (Å²) in [7, 11) is 2.98. The van der Waals surface area contributed by atoms with E-state index in [1.807, 2.05) is 0 Å². The highest BCUT2D eigenvalue weighted by Crippen LogP contribution is 2.48. The molecule has 0 saturated carbocycles. The number of methoxy groups -OCH3 is 1. The van der Waals surface area contributed by atoms with E-state index < -0.39 is 11.4 Å². The summed E-state index contributed by atoms with van der Waals surface area (Å²) in [6, 6.07) is 3.29. The second-order valence-corrected chi connectivity index (χ2v) is 6.02. The molecule has 2 aliphatic rings. The van der Waals surface area contributed by atoms with Gasteiger partial charge in [-0.25, -0.2) is 4.79 Å². The summed E-state index contributed by atoms with van der Waals surface area (Å²) in [4.78, 5) is 38.4. The highest BCUT2D eigenvalue weighted by molar-refractivity contribution is 6.12. The predicted octanol–water partition coefficient (Wildman–Crippen LogP) is 1.70. The minimum atomic E-state index is -0.666. The van der Waals surface area contributed by atoms with E-state index in [-0.39, 0.29) is 22.8 Å². The van der Waals surface area contributed by atoms with Gasteiger partial charge >= 0.3 is 5.97 Å². The fourth-order valence-corrected chi connectivity index (χ4v) is 3.57. The van der Waals surface area contributed by atoms with Crippen molar-refractivity contribution in [3.63, 3.8) is 0 Å². The van der Waals surface area contributed by atoms with Crippen molar-refractivity contribution in [1.82, 2.24) is 0 Å². The number of likely N-dealkylation sites (N-methyl/N-ethyl adjacent to an activating group) is 1. The van der Waals surface area contributed by atoms with Crippen molar-refractivity contribution in [3.8, 4) is 0 Å². The Bertz CT molecular complexity index is 703. The van der Waals surface area contributed by atoms with Gasteiger partial charge in [0.2, 0.25) is 5.91 Å². The molecule has 1 fully saturated rings. The number of carbonyl (C=O) groups is 3. The van der Waals surface area contributed by atoms with Crippen molar-refractivity contribution in [3.05, 3.63) is 28.8 Å². The van der Waals surface area contributed by atoms with Crippen molar-refractivity contribution in [2.45, 2.75) is 25.2 Å². The zero-order valence-corrected chi connectivity index (χ0v) is 13.5. The number of hydrogen-bond donors (Lipinski definition) is 0. The Hall–Kier alpha value is -2.21. The summed E-state index contributed by atoms with van der Waals surface area (Å²) in [5.74, 6) is -0.809. The maximum atomic E-state index is 12.8. The van der Waals surface area contributed by atoms with Crippen LogP contribution in [0.1, 0.15) is 46.0 Å². The molecule has 0 aromatic heterocycles. The molecule has 6 heteroatoms. The van der Waals surface area contributed by atoms with Crippen molar-refractivity contribution < 1.29 is 23.9 Å². The molecule has 122 valence electrons. The summed E-state index contributed by atoms with van der Waals surface area (Å²) in [5, 5.41) is 0. The molecule has 23 heavy (non-hydrogen) atoms. The van der Waals surface area contributed by atoms with Gasteiger partial charge in [0, 0.05) is 31.5 Å². The maximum absolute atomic E-state index is 12.8. The molecule has 0 radical (unpaired) electrons. The molecule has 1 amide bonds. The lowest BCUT2D eigenvalue weighted by molar-refractivity contribution is -0.126. The monoisotopic (exact) mass is 317 g/mol. The molecular formula is C17H19NO5. The number of fused-ring (bicyclic) bond motifs is 2. The molecule has 1 spiro atoms. The number of carbonyl (C=O) groups excluding carboxylic acids is 3. The summed E-state index contributed by atoms with van der Waals surface area (Å²) < 4.78 is 10.2. The number of hydrogen-bond acceptors (Lipinski definition) is 5. The van der Waals surface area contributed by atoms with Crippen LogP contribution in [0.5, 0.6) is 0 Å². The Morgan fingerprint density at radius 1 is 1.22 bits per heavy atom. The number of anilines is 1. The van der Waals surface area contributed by atoms with Gasteiger partial charge in [-0.3, -0.25) is 9.59 Å². The number of nitrogens with zero attached hydrogens (tertiary/aromatic N) is 1. The van der Waals surface area contributed by atoms with Gasteiger partial charge in [0.05, 0.1) is 18.1 Å². The highest BCUT2D eigenvalue weighted by atomic mass is 16.5. The smallest absolute Gasteiger partial charge is 0.338 e. The van der Waals surface area contributed by atoms with Crippen molar-refractivity contribution in [2.24, 2.45) is 0 Å². The van der Waals surface area contributed by atoms with E-state index in [2.05, 4.69) is 0 Å². The lowest BCUT2D eigenvalue weighted by Gasteiger charge is -2.32. The fraction of sp³-hybridized carbons (Fsp3) is 0.471. The van der Waals surface area contributed by atoms with Crippen molar-refractivity contribution in [1.29, 1.82) is 0 Å². The topological polar surface area (TPSA) is 72.9 Å². The molecule has 0 unspecified atom stereocenters. The number of ketones is 1. The minimum absolute atomic E-state index is 0.00711. The van der Waals surface area contributed by atoms with Crippen molar-refractivity contribution >= 4 is 23.3 Å². The molecular weight excluding hydrogens is 298 g/mol. The lowest BCUT2D eigenvalue weighted by atomic mass is 9.74. The lowest BCUT2D eigenvalue weighted by Crippen LogP contribution is -2.42. The third-order valence-electron chi connectivity index (χ3n) is 4.86. The summed E-state index contributed by atoms with van der Waals surface area (Å²) in [6.45, 7) is 2.40. The quantitative estimate of drug-likeness (QED) is 0.613. The molecule has 2 heterocycles. The number of benzene rings is 1. The van der Waals surface area contributed by atoms with E-state index in [0.717, 1.165) is 5.56 Å². The molecule has 1 saturated heterocycles. The maximum Gasteiger partial charge on any atom is 0.338 e. The van der Waals surface area contributed by atoms with Crippen LogP contribution in [0.25, 0.3) is 0 Å². The zero-order valence-electron chi connectivity index (χ0n) is 13.5. The Kier molecular flexibility index (Phi) is 3.72.